The number of carbonyl (C=O) groups is 1. The molecule has 26 heavy (non-hydrogen) atoms. The number of carbonyl (C=O) groups excluding carboxylic acids is 1. The number of nitrogens with zero attached hydrogens (tertiary/aromatic N) is 3. The fraction of sp³-hybridized carbons (Fsp3) is 0.350. The van der Waals surface area contributed by atoms with E-state index in [-0.39, 0.29) is 17.5 Å². The Kier molecular flexibility index (Phi) is 5.17. The minimum absolute atomic E-state index is 0.00655. The van der Waals surface area contributed by atoms with Gasteiger partial charge in [0.05, 0.1) is 22.5 Å². The maximum absolute atomic E-state index is 13.7. The summed E-state index contributed by atoms with van der Waals surface area (Å²) in [5.41, 5.74) is 3.19. The number of benzene rings is 1. The first-order chi connectivity index (χ1) is 12.5. The van der Waals surface area contributed by atoms with Gasteiger partial charge in [-0.1, -0.05) is 12.1 Å². The minimum atomic E-state index is -0.510. The van der Waals surface area contributed by atoms with Crippen LogP contribution in [0.4, 0.5) is 10.1 Å². The fourth-order valence-electron chi connectivity index (χ4n) is 3.37. The zero-order chi connectivity index (χ0) is 18.7. The number of hydrogen-bond acceptors (Lipinski definition) is 4. The van der Waals surface area contributed by atoms with E-state index in [1.807, 2.05) is 19.9 Å². The van der Waals surface area contributed by atoms with E-state index >= 15 is 0 Å². The summed E-state index contributed by atoms with van der Waals surface area (Å²) in [6.45, 7) is 5.20. The molecule has 1 amide bonds. The highest BCUT2D eigenvalue weighted by Crippen LogP contribution is 2.26. The number of aromatic nitrogens is 1. The van der Waals surface area contributed by atoms with Crippen LogP contribution in [-0.4, -0.2) is 30.0 Å². The Morgan fingerprint density at radius 1 is 1.31 bits per heavy atom. The zero-order valence-electron chi connectivity index (χ0n) is 14.9. The van der Waals surface area contributed by atoms with E-state index in [4.69, 9.17) is 0 Å². The van der Waals surface area contributed by atoms with Gasteiger partial charge in [-0.2, -0.15) is 5.26 Å². The molecule has 2 aromatic rings. The minimum Gasteiger partial charge on any atom is -0.370 e. The van der Waals surface area contributed by atoms with Gasteiger partial charge < -0.3 is 10.2 Å². The Labute approximate surface area is 152 Å². The van der Waals surface area contributed by atoms with E-state index in [1.165, 1.54) is 12.1 Å². The molecule has 0 aliphatic carbocycles. The number of aryl methyl sites for hydroxylation is 2. The molecule has 1 aromatic carbocycles. The average molecular weight is 352 g/mol. The molecule has 6 heteroatoms. The van der Waals surface area contributed by atoms with Crippen LogP contribution < -0.4 is 10.2 Å². The van der Waals surface area contributed by atoms with Gasteiger partial charge in [0, 0.05) is 24.8 Å². The topological polar surface area (TPSA) is 69.0 Å². The highest BCUT2D eigenvalue weighted by atomic mass is 19.1. The molecule has 0 atom stereocenters. The zero-order valence-corrected chi connectivity index (χ0v) is 14.9. The van der Waals surface area contributed by atoms with Crippen molar-refractivity contribution in [1.29, 1.82) is 5.26 Å². The first-order valence-corrected chi connectivity index (χ1v) is 8.68. The maximum Gasteiger partial charge on any atom is 0.254 e. The van der Waals surface area contributed by atoms with Crippen LogP contribution in [0.1, 0.15) is 40.2 Å². The van der Waals surface area contributed by atoms with Crippen molar-refractivity contribution in [3.63, 3.8) is 0 Å². The number of anilines is 1. The van der Waals surface area contributed by atoms with Crippen molar-refractivity contribution in [1.82, 2.24) is 10.3 Å². The molecule has 134 valence electrons. The smallest absolute Gasteiger partial charge is 0.254 e. The summed E-state index contributed by atoms with van der Waals surface area (Å²) in [4.78, 5) is 18.8. The quantitative estimate of drug-likeness (QED) is 0.921. The number of amides is 1. The first-order valence-electron chi connectivity index (χ1n) is 8.68. The molecular weight excluding hydrogens is 331 g/mol. The fourth-order valence-corrected chi connectivity index (χ4v) is 3.37. The van der Waals surface area contributed by atoms with Gasteiger partial charge in [-0.15, -0.1) is 0 Å². The molecule has 2 heterocycles. The Morgan fingerprint density at radius 3 is 2.65 bits per heavy atom. The van der Waals surface area contributed by atoms with E-state index in [0.717, 1.165) is 43.0 Å². The lowest BCUT2D eigenvalue weighted by atomic mass is 10.0. The summed E-state index contributed by atoms with van der Waals surface area (Å²) in [5.74, 6) is -0.890. The highest BCUT2D eigenvalue weighted by Gasteiger charge is 2.24. The molecule has 1 fully saturated rings. The van der Waals surface area contributed by atoms with Crippen molar-refractivity contribution in [3.05, 3.63) is 58.7 Å². The van der Waals surface area contributed by atoms with Gasteiger partial charge >= 0.3 is 0 Å². The van der Waals surface area contributed by atoms with E-state index in [2.05, 4.69) is 21.3 Å². The Morgan fingerprint density at radius 2 is 2.00 bits per heavy atom. The largest absolute Gasteiger partial charge is 0.370 e. The third kappa shape index (κ3) is 3.67. The molecule has 0 unspecified atom stereocenters. The van der Waals surface area contributed by atoms with Crippen LogP contribution >= 0.6 is 0 Å². The molecule has 1 aromatic heterocycles. The summed E-state index contributed by atoms with van der Waals surface area (Å²) < 4.78 is 13.7. The highest BCUT2D eigenvalue weighted by molar-refractivity contribution is 5.94. The van der Waals surface area contributed by atoms with Crippen LogP contribution in [0.3, 0.4) is 0 Å². The molecular formula is C20H21FN4O. The standard InChI is InChI=1S/C20H21FN4O/c1-13-11-19(17(12-22)14(2)23-13)25-9-7-15(8-10-25)24-20(26)16-5-3-4-6-18(16)21/h3-6,11,15H,7-10H2,1-2H3,(H,24,26). The SMILES string of the molecule is Cc1cc(N2CCC(NC(=O)c3ccccc3F)CC2)c(C#N)c(C)n1. The van der Waals surface area contributed by atoms with Crippen LogP contribution in [0.2, 0.25) is 0 Å². The number of hydrogen-bond donors (Lipinski definition) is 1. The lowest BCUT2D eigenvalue weighted by molar-refractivity contribution is 0.0927. The van der Waals surface area contributed by atoms with E-state index < -0.39 is 5.82 Å². The van der Waals surface area contributed by atoms with Gasteiger partial charge in [0.15, 0.2) is 0 Å². The van der Waals surface area contributed by atoms with Gasteiger partial charge in [-0.05, 0) is 44.9 Å². The molecule has 1 aliphatic heterocycles. The van der Waals surface area contributed by atoms with Gasteiger partial charge in [0.2, 0.25) is 0 Å². The second-order valence-corrected chi connectivity index (χ2v) is 6.57. The van der Waals surface area contributed by atoms with E-state index in [1.54, 1.807) is 12.1 Å². The second kappa shape index (κ2) is 7.52. The van der Waals surface area contributed by atoms with Crippen LogP contribution in [0.5, 0.6) is 0 Å². The molecule has 0 bridgehead atoms. The van der Waals surface area contributed by atoms with Crippen molar-refractivity contribution < 1.29 is 9.18 Å². The van der Waals surface area contributed by atoms with Crippen molar-refractivity contribution in [2.45, 2.75) is 32.7 Å². The Balaban J connectivity index is 1.66. The van der Waals surface area contributed by atoms with Crippen molar-refractivity contribution in [2.24, 2.45) is 0 Å². The average Bonchev–Trinajstić information content (AvgIpc) is 2.62. The van der Waals surface area contributed by atoms with E-state index in [0.29, 0.717) is 5.56 Å². The summed E-state index contributed by atoms with van der Waals surface area (Å²) in [5, 5.41) is 12.4. The molecule has 3 rings (SSSR count). The molecule has 0 saturated carbocycles. The van der Waals surface area contributed by atoms with Crippen molar-refractivity contribution >= 4 is 11.6 Å². The van der Waals surface area contributed by atoms with Crippen molar-refractivity contribution in [3.8, 4) is 6.07 Å². The van der Waals surface area contributed by atoms with Gasteiger partial charge in [0.1, 0.15) is 11.9 Å². The third-order valence-corrected chi connectivity index (χ3v) is 4.71. The summed E-state index contributed by atoms with van der Waals surface area (Å²) in [7, 11) is 0. The number of halogens is 1. The number of nitriles is 1. The first kappa shape index (κ1) is 17.9. The van der Waals surface area contributed by atoms with Crippen LogP contribution in [0, 0.1) is 31.0 Å². The summed E-state index contributed by atoms with van der Waals surface area (Å²) >= 11 is 0. The molecule has 0 radical (unpaired) electrons. The predicted octanol–water partition coefficient (Wildman–Crippen LogP) is 3.11. The Hall–Kier alpha value is -2.94. The molecule has 1 aliphatic rings. The number of nitrogens with one attached hydrogen (secondary N) is 1. The monoisotopic (exact) mass is 352 g/mol. The van der Waals surface area contributed by atoms with Crippen LogP contribution in [-0.2, 0) is 0 Å². The van der Waals surface area contributed by atoms with E-state index in [9.17, 15) is 14.4 Å². The second-order valence-electron chi connectivity index (χ2n) is 6.57. The molecule has 1 N–H and O–H groups in total. The molecule has 5 nitrogen and oxygen atoms in total. The van der Waals surface area contributed by atoms with Gasteiger partial charge in [-0.3, -0.25) is 9.78 Å². The third-order valence-electron chi connectivity index (χ3n) is 4.71. The normalized spacial score (nSPS) is 14.8. The lowest BCUT2D eigenvalue weighted by Gasteiger charge is -2.34. The van der Waals surface area contributed by atoms with Gasteiger partial charge in [0.25, 0.3) is 5.91 Å². The van der Waals surface area contributed by atoms with Crippen LogP contribution in [0.15, 0.2) is 30.3 Å². The number of rotatable bonds is 3. The lowest BCUT2D eigenvalue weighted by Crippen LogP contribution is -2.45. The molecule has 1 saturated heterocycles. The molecule has 0 spiro atoms. The Bertz CT molecular complexity index is 867. The van der Waals surface area contributed by atoms with Crippen LogP contribution in [0.25, 0.3) is 0 Å². The number of piperidine rings is 1. The number of pyridine rings is 1. The predicted molar refractivity (Wildman–Crippen MR) is 97.5 cm³/mol. The van der Waals surface area contributed by atoms with Gasteiger partial charge in [-0.25, -0.2) is 4.39 Å². The maximum atomic E-state index is 13.7. The van der Waals surface area contributed by atoms with Crippen molar-refractivity contribution in [2.75, 3.05) is 18.0 Å². The summed E-state index contributed by atoms with van der Waals surface area (Å²) in [6.07, 6.45) is 1.48. The summed E-state index contributed by atoms with van der Waals surface area (Å²) in [6, 6.07) is 10.2.